The number of nitrogens with one attached hydrogen (secondary N) is 2. The molecule has 2 N–H and O–H groups in total. The minimum Gasteiger partial charge on any atom is -0.372 e. The highest BCUT2D eigenvalue weighted by Gasteiger charge is 2.13. The Balaban J connectivity index is 1.67. The van der Waals surface area contributed by atoms with Gasteiger partial charge in [0.25, 0.3) is 0 Å². The lowest BCUT2D eigenvalue weighted by Crippen LogP contribution is -2.29. The molecule has 10 heteroatoms. The van der Waals surface area contributed by atoms with Crippen LogP contribution in [0.4, 0.5) is 27.4 Å². The zero-order valence-electron chi connectivity index (χ0n) is 20.4. The highest BCUT2D eigenvalue weighted by atomic mass is 19.1. The molecule has 3 heterocycles. The molecule has 36 heavy (non-hydrogen) atoms. The summed E-state index contributed by atoms with van der Waals surface area (Å²) >= 11 is 0. The topological polar surface area (TPSA) is 99.2 Å². The minimum absolute atomic E-state index is 0.309. The quantitative estimate of drug-likeness (QED) is 0.341. The van der Waals surface area contributed by atoms with Crippen molar-refractivity contribution in [3.63, 3.8) is 0 Å². The SMILES string of the molecule is C=CC(=O)Nc1cc(Nc2ncc3ccnc(-c4cncc(F)c4)c3n2)ccc1N(C)CCN(C)C. The summed E-state index contributed by atoms with van der Waals surface area (Å²) in [5.41, 5.74) is 3.74. The third kappa shape index (κ3) is 5.78. The fourth-order valence-electron chi connectivity index (χ4n) is 3.60. The number of halogens is 1. The average Bonchev–Trinajstić information content (AvgIpc) is 2.87. The average molecular weight is 487 g/mol. The summed E-state index contributed by atoms with van der Waals surface area (Å²) in [6.45, 7) is 5.17. The van der Waals surface area contributed by atoms with Gasteiger partial charge in [-0.1, -0.05) is 6.58 Å². The smallest absolute Gasteiger partial charge is 0.247 e. The first kappa shape index (κ1) is 24.7. The summed E-state index contributed by atoms with van der Waals surface area (Å²) in [6, 6.07) is 8.78. The zero-order valence-corrected chi connectivity index (χ0v) is 20.4. The van der Waals surface area contributed by atoms with Crippen LogP contribution in [0.1, 0.15) is 0 Å². The Morgan fingerprint density at radius 3 is 2.67 bits per heavy atom. The van der Waals surface area contributed by atoms with E-state index in [1.54, 1.807) is 24.7 Å². The number of hydrogen-bond acceptors (Lipinski definition) is 8. The van der Waals surface area contributed by atoms with Crippen molar-refractivity contribution in [2.24, 2.45) is 0 Å². The van der Waals surface area contributed by atoms with Crippen LogP contribution >= 0.6 is 0 Å². The number of aromatic nitrogens is 4. The monoisotopic (exact) mass is 486 g/mol. The van der Waals surface area contributed by atoms with Crippen molar-refractivity contribution in [1.29, 1.82) is 0 Å². The van der Waals surface area contributed by atoms with Gasteiger partial charge >= 0.3 is 0 Å². The highest BCUT2D eigenvalue weighted by Crippen LogP contribution is 2.31. The second kappa shape index (κ2) is 10.9. The van der Waals surface area contributed by atoms with Gasteiger partial charge in [0.05, 0.1) is 23.3 Å². The zero-order chi connectivity index (χ0) is 25.7. The number of benzene rings is 1. The lowest BCUT2D eigenvalue weighted by molar-refractivity contribution is -0.111. The van der Waals surface area contributed by atoms with Gasteiger partial charge in [-0.25, -0.2) is 14.4 Å². The number of hydrogen-bond donors (Lipinski definition) is 2. The van der Waals surface area contributed by atoms with Crippen LogP contribution < -0.4 is 15.5 Å². The van der Waals surface area contributed by atoms with Crippen molar-refractivity contribution in [3.05, 3.63) is 73.6 Å². The fourth-order valence-corrected chi connectivity index (χ4v) is 3.60. The maximum Gasteiger partial charge on any atom is 0.247 e. The number of nitrogens with zero attached hydrogens (tertiary/aromatic N) is 6. The molecule has 9 nitrogen and oxygen atoms in total. The molecule has 0 unspecified atom stereocenters. The molecule has 0 atom stereocenters. The fraction of sp³-hybridized carbons (Fsp3) is 0.192. The van der Waals surface area contributed by atoms with Crippen LogP contribution in [0.3, 0.4) is 0 Å². The Bertz CT molecular complexity index is 1410. The number of fused-ring (bicyclic) bond motifs is 1. The van der Waals surface area contributed by atoms with Gasteiger partial charge in [-0.15, -0.1) is 0 Å². The number of carbonyl (C=O) groups is 1. The summed E-state index contributed by atoms with van der Waals surface area (Å²) in [6.07, 6.45) is 7.21. The van der Waals surface area contributed by atoms with E-state index in [0.29, 0.717) is 34.1 Å². The molecule has 4 aromatic rings. The molecule has 0 radical (unpaired) electrons. The van der Waals surface area contributed by atoms with Crippen LogP contribution in [-0.4, -0.2) is 65.0 Å². The van der Waals surface area contributed by atoms with E-state index < -0.39 is 5.82 Å². The normalized spacial score (nSPS) is 10.9. The predicted octanol–water partition coefficient (Wildman–Crippen LogP) is 4.09. The largest absolute Gasteiger partial charge is 0.372 e. The van der Waals surface area contributed by atoms with Crippen LogP contribution in [-0.2, 0) is 4.79 Å². The van der Waals surface area contributed by atoms with E-state index in [1.165, 1.54) is 12.1 Å². The first-order valence-corrected chi connectivity index (χ1v) is 11.3. The van der Waals surface area contributed by atoms with Gasteiger partial charge < -0.3 is 20.4 Å². The number of carbonyl (C=O) groups excluding carboxylic acids is 1. The third-order valence-corrected chi connectivity index (χ3v) is 5.47. The van der Waals surface area contributed by atoms with E-state index in [2.05, 4.69) is 46.9 Å². The molecule has 0 aliphatic heterocycles. The number of amides is 1. The first-order valence-electron chi connectivity index (χ1n) is 11.3. The van der Waals surface area contributed by atoms with Crippen LogP contribution in [0, 0.1) is 5.82 Å². The van der Waals surface area contributed by atoms with Crippen LogP contribution in [0.15, 0.2) is 67.8 Å². The molecular formula is C26H27FN8O. The molecule has 0 bridgehead atoms. The Morgan fingerprint density at radius 2 is 1.92 bits per heavy atom. The Labute approximate surface area is 208 Å². The molecule has 184 valence electrons. The lowest BCUT2D eigenvalue weighted by Gasteiger charge is -2.24. The molecule has 0 fully saturated rings. The van der Waals surface area contributed by atoms with E-state index in [1.807, 2.05) is 39.3 Å². The van der Waals surface area contributed by atoms with Gasteiger partial charge in [-0.05, 0) is 50.5 Å². The van der Waals surface area contributed by atoms with Crippen molar-refractivity contribution in [2.75, 3.05) is 49.8 Å². The molecule has 0 aliphatic carbocycles. The first-order chi connectivity index (χ1) is 17.3. The number of likely N-dealkylation sites (N-methyl/N-ethyl adjacent to an activating group) is 2. The summed E-state index contributed by atoms with van der Waals surface area (Å²) in [4.78, 5) is 33.6. The highest BCUT2D eigenvalue weighted by molar-refractivity contribution is 6.01. The maximum absolute atomic E-state index is 13.8. The summed E-state index contributed by atoms with van der Waals surface area (Å²) in [5.74, 6) is -0.435. The molecule has 4 rings (SSSR count). The molecule has 1 aromatic carbocycles. The van der Waals surface area contributed by atoms with Crippen molar-refractivity contribution in [3.8, 4) is 11.3 Å². The number of anilines is 4. The number of rotatable bonds is 9. The van der Waals surface area contributed by atoms with Crippen molar-refractivity contribution in [1.82, 2.24) is 24.8 Å². The van der Waals surface area contributed by atoms with Gasteiger partial charge in [0.2, 0.25) is 11.9 Å². The summed E-state index contributed by atoms with van der Waals surface area (Å²) < 4.78 is 13.8. The van der Waals surface area contributed by atoms with Crippen molar-refractivity contribution < 1.29 is 9.18 Å². The Kier molecular flexibility index (Phi) is 7.45. The third-order valence-electron chi connectivity index (χ3n) is 5.47. The summed E-state index contributed by atoms with van der Waals surface area (Å²) in [7, 11) is 5.99. The van der Waals surface area contributed by atoms with E-state index >= 15 is 0 Å². The standard InChI is InChI=1S/C26H27FN8O/c1-5-23(36)32-21-13-20(6-7-22(21)35(4)11-10-34(2)3)31-26-30-15-17-8-9-29-24(25(17)33-26)18-12-19(27)16-28-14-18/h5-9,12-16H,1,10-11H2,2-4H3,(H,32,36)(H,30,31,33). The summed E-state index contributed by atoms with van der Waals surface area (Å²) in [5, 5.41) is 6.82. The van der Waals surface area contributed by atoms with Crippen LogP contribution in [0.25, 0.3) is 22.2 Å². The second-order valence-corrected chi connectivity index (χ2v) is 8.46. The van der Waals surface area contributed by atoms with Gasteiger partial charge in [-0.3, -0.25) is 14.8 Å². The van der Waals surface area contributed by atoms with E-state index in [4.69, 9.17) is 0 Å². The molecule has 0 spiro atoms. The van der Waals surface area contributed by atoms with Gasteiger partial charge in [0.1, 0.15) is 11.3 Å². The molecular weight excluding hydrogens is 459 g/mol. The van der Waals surface area contributed by atoms with E-state index in [9.17, 15) is 9.18 Å². The Morgan fingerprint density at radius 1 is 1.08 bits per heavy atom. The van der Waals surface area contributed by atoms with Crippen molar-refractivity contribution >= 4 is 39.8 Å². The molecule has 1 amide bonds. The number of pyridine rings is 2. The molecule has 0 saturated heterocycles. The lowest BCUT2D eigenvalue weighted by atomic mass is 10.1. The van der Waals surface area contributed by atoms with Gasteiger partial charge in [0, 0.05) is 55.4 Å². The minimum atomic E-state index is -0.455. The maximum atomic E-state index is 13.8. The molecule has 3 aromatic heterocycles. The van der Waals surface area contributed by atoms with Crippen molar-refractivity contribution in [2.45, 2.75) is 0 Å². The van der Waals surface area contributed by atoms with Crippen LogP contribution in [0.5, 0.6) is 0 Å². The van der Waals surface area contributed by atoms with Crippen LogP contribution in [0.2, 0.25) is 0 Å². The van der Waals surface area contributed by atoms with E-state index in [-0.39, 0.29) is 5.91 Å². The van der Waals surface area contributed by atoms with Gasteiger partial charge in [-0.2, -0.15) is 0 Å². The molecule has 0 saturated carbocycles. The molecule has 0 aliphatic rings. The Hall–Kier alpha value is -4.44. The predicted molar refractivity (Wildman–Crippen MR) is 141 cm³/mol. The van der Waals surface area contributed by atoms with Gasteiger partial charge in [0.15, 0.2) is 0 Å². The van der Waals surface area contributed by atoms with E-state index in [0.717, 1.165) is 30.4 Å². The second-order valence-electron chi connectivity index (χ2n) is 8.46.